The van der Waals surface area contributed by atoms with Crippen molar-refractivity contribution in [3.63, 3.8) is 0 Å². The lowest BCUT2D eigenvalue weighted by Gasteiger charge is -2.28. The summed E-state index contributed by atoms with van der Waals surface area (Å²) in [6.07, 6.45) is -3.51. The van der Waals surface area contributed by atoms with Crippen molar-refractivity contribution in [2.45, 2.75) is 32.0 Å². The van der Waals surface area contributed by atoms with Crippen LogP contribution in [0, 0.1) is 6.92 Å². The first-order chi connectivity index (χ1) is 13.6. The first-order valence-corrected chi connectivity index (χ1v) is 9.02. The minimum absolute atomic E-state index is 0.0726. The predicted octanol–water partition coefficient (Wildman–Crippen LogP) is 3.32. The standard InChI is InChI=1S/C19H18F3N5O2/c1-10-7-11(19(20,21)22)8-15(28)17(10)13-4-5-14-18(23-13)25-27(24-14)12-3-6-16(29)26(2)9-12/h4-5,7-8,12,28H,3,6,9H2,1-2H3. The smallest absolute Gasteiger partial charge is 0.416 e. The highest BCUT2D eigenvalue weighted by Gasteiger charge is 2.32. The second-order valence-corrected chi connectivity index (χ2v) is 7.21. The second kappa shape index (κ2) is 6.71. The Morgan fingerprint density at radius 2 is 1.97 bits per heavy atom. The number of carbonyl (C=O) groups excluding carboxylic acids is 1. The number of aryl methyl sites for hydroxylation is 1. The van der Waals surface area contributed by atoms with Gasteiger partial charge in [-0.15, -0.1) is 5.10 Å². The molecule has 4 rings (SSSR count). The number of alkyl halides is 3. The summed E-state index contributed by atoms with van der Waals surface area (Å²) < 4.78 is 38.8. The average Bonchev–Trinajstić information content (AvgIpc) is 3.06. The van der Waals surface area contributed by atoms with Crippen LogP contribution in [0.1, 0.15) is 30.0 Å². The van der Waals surface area contributed by atoms with Gasteiger partial charge in [-0.25, -0.2) is 4.98 Å². The number of amides is 1. The van der Waals surface area contributed by atoms with Crippen LogP contribution in [0.2, 0.25) is 0 Å². The highest BCUT2D eigenvalue weighted by Crippen LogP contribution is 2.38. The summed E-state index contributed by atoms with van der Waals surface area (Å²) in [4.78, 5) is 19.2. The Bertz CT molecular complexity index is 1090. The van der Waals surface area contributed by atoms with E-state index in [-0.39, 0.29) is 23.1 Å². The van der Waals surface area contributed by atoms with Crippen molar-refractivity contribution in [2.75, 3.05) is 13.6 Å². The maximum absolute atomic E-state index is 12.9. The Hall–Kier alpha value is -3.17. The number of aromatic nitrogens is 4. The van der Waals surface area contributed by atoms with E-state index in [1.807, 2.05) is 0 Å². The minimum Gasteiger partial charge on any atom is -0.507 e. The molecule has 1 unspecified atom stereocenters. The van der Waals surface area contributed by atoms with Crippen LogP contribution in [0.3, 0.4) is 0 Å². The Balaban J connectivity index is 1.71. The van der Waals surface area contributed by atoms with Gasteiger partial charge in [-0.3, -0.25) is 4.79 Å². The molecule has 1 saturated heterocycles. The van der Waals surface area contributed by atoms with Gasteiger partial charge >= 0.3 is 6.18 Å². The number of phenols is 1. The van der Waals surface area contributed by atoms with E-state index in [0.29, 0.717) is 42.3 Å². The van der Waals surface area contributed by atoms with Gasteiger partial charge in [0.2, 0.25) is 11.6 Å². The molecule has 0 aliphatic carbocycles. The third-order valence-corrected chi connectivity index (χ3v) is 5.09. The van der Waals surface area contributed by atoms with Crippen molar-refractivity contribution in [1.29, 1.82) is 0 Å². The second-order valence-electron chi connectivity index (χ2n) is 7.21. The molecule has 7 nitrogen and oxygen atoms in total. The van der Waals surface area contributed by atoms with Gasteiger partial charge in [-0.2, -0.15) is 23.1 Å². The molecule has 0 radical (unpaired) electrons. The van der Waals surface area contributed by atoms with Crippen molar-refractivity contribution in [2.24, 2.45) is 0 Å². The number of hydrogen-bond acceptors (Lipinski definition) is 5. The molecule has 3 heterocycles. The van der Waals surface area contributed by atoms with Crippen LogP contribution in [-0.4, -0.2) is 49.5 Å². The summed E-state index contributed by atoms with van der Waals surface area (Å²) in [7, 11) is 1.73. The number of pyridine rings is 1. The van der Waals surface area contributed by atoms with Crippen molar-refractivity contribution >= 4 is 17.1 Å². The van der Waals surface area contributed by atoms with E-state index in [4.69, 9.17) is 0 Å². The topological polar surface area (TPSA) is 84.1 Å². The van der Waals surface area contributed by atoms with E-state index in [1.54, 1.807) is 24.1 Å². The zero-order chi connectivity index (χ0) is 20.9. The molecule has 0 saturated carbocycles. The Morgan fingerprint density at radius 1 is 1.21 bits per heavy atom. The lowest BCUT2D eigenvalue weighted by atomic mass is 10.0. The van der Waals surface area contributed by atoms with E-state index in [0.717, 1.165) is 6.07 Å². The molecule has 1 aliphatic heterocycles. The number of benzene rings is 1. The van der Waals surface area contributed by atoms with Crippen LogP contribution < -0.4 is 0 Å². The summed E-state index contributed by atoms with van der Waals surface area (Å²) in [6.45, 7) is 1.98. The van der Waals surface area contributed by atoms with Crippen molar-refractivity contribution in [3.05, 3.63) is 35.4 Å². The summed E-state index contributed by atoms with van der Waals surface area (Å²) in [6, 6.07) is 4.85. The molecule has 10 heteroatoms. The van der Waals surface area contributed by atoms with Gasteiger partial charge in [0.05, 0.1) is 17.3 Å². The fraction of sp³-hybridized carbons (Fsp3) is 0.368. The number of likely N-dealkylation sites (tertiary alicyclic amines) is 1. The third-order valence-electron chi connectivity index (χ3n) is 5.09. The first kappa shape index (κ1) is 19.2. The first-order valence-electron chi connectivity index (χ1n) is 9.02. The highest BCUT2D eigenvalue weighted by atomic mass is 19.4. The number of piperidine rings is 1. The van der Waals surface area contributed by atoms with Crippen LogP contribution in [0.25, 0.3) is 22.4 Å². The van der Waals surface area contributed by atoms with Gasteiger partial charge in [0.1, 0.15) is 11.3 Å². The molecule has 1 amide bonds. The zero-order valence-electron chi connectivity index (χ0n) is 15.7. The van der Waals surface area contributed by atoms with Gasteiger partial charge in [0.15, 0.2) is 0 Å². The van der Waals surface area contributed by atoms with E-state index in [2.05, 4.69) is 15.2 Å². The maximum atomic E-state index is 12.9. The van der Waals surface area contributed by atoms with Gasteiger partial charge in [-0.05, 0) is 43.2 Å². The Morgan fingerprint density at radius 3 is 2.62 bits per heavy atom. The molecular formula is C19H18F3N5O2. The molecule has 1 aliphatic rings. The molecule has 0 bridgehead atoms. The Kier molecular flexibility index (Phi) is 4.44. The number of carbonyl (C=O) groups is 1. The van der Waals surface area contributed by atoms with E-state index >= 15 is 0 Å². The van der Waals surface area contributed by atoms with Crippen molar-refractivity contribution in [3.8, 4) is 17.0 Å². The number of aromatic hydroxyl groups is 1. The molecule has 1 N–H and O–H groups in total. The molecule has 3 aromatic rings. The fourth-order valence-corrected chi connectivity index (χ4v) is 3.57. The zero-order valence-corrected chi connectivity index (χ0v) is 15.7. The molecule has 1 atom stereocenters. The van der Waals surface area contributed by atoms with Crippen LogP contribution >= 0.6 is 0 Å². The van der Waals surface area contributed by atoms with Crippen LogP contribution in [-0.2, 0) is 11.0 Å². The number of nitrogens with zero attached hydrogens (tertiary/aromatic N) is 5. The van der Waals surface area contributed by atoms with E-state index in [9.17, 15) is 23.1 Å². The predicted molar refractivity (Wildman–Crippen MR) is 98.1 cm³/mol. The van der Waals surface area contributed by atoms with E-state index in [1.165, 1.54) is 11.7 Å². The van der Waals surface area contributed by atoms with Crippen LogP contribution in [0.5, 0.6) is 5.75 Å². The third kappa shape index (κ3) is 3.50. The fourth-order valence-electron chi connectivity index (χ4n) is 3.57. The Labute approximate surface area is 163 Å². The van der Waals surface area contributed by atoms with Gasteiger partial charge in [-0.1, -0.05) is 0 Å². The summed E-state index contributed by atoms with van der Waals surface area (Å²) in [5, 5.41) is 19.0. The molecule has 152 valence electrons. The number of halogens is 3. The number of rotatable bonds is 2. The molecular weight excluding hydrogens is 387 g/mol. The summed E-state index contributed by atoms with van der Waals surface area (Å²) in [5.74, 6) is -0.421. The lowest BCUT2D eigenvalue weighted by molar-refractivity contribution is -0.137. The normalized spacial score (nSPS) is 17.9. The van der Waals surface area contributed by atoms with E-state index < -0.39 is 17.5 Å². The van der Waals surface area contributed by atoms with Gasteiger partial charge in [0, 0.05) is 25.6 Å². The average molecular weight is 405 g/mol. The minimum atomic E-state index is -4.55. The number of phenolic OH excluding ortho intramolecular Hbond substituents is 1. The van der Waals surface area contributed by atoms with Crippen molar-refractivity contribution < 1.29 is 23.1 Å². The quantitative estimate of drug-likeness (QED) is 0.707. The monoisotopic (exact) mass is 405 g/mol. The maximum Gasteiger partial charge on any atom is 0.416 e. The van der Waals surface area contributed by atoms with Crippen LogP contribution in [0.4, 0.5) is 13.2 Å². The SMILES string of the molecule is Cc1cc(C(F)(F)F)cc(O)c1-c1ccc2nn(C3CCC(=O)N(C)C3)nc2n1. The molecule has 1 fully saturated rings. The van der Waals surface area contributed by atoms with Gasteiger partial charge in [0.25, 0.3) is 0 Å². The molecule has 0 spiro atoms. The summed E-state index contributed by atoms with van der Waals surface area (Å²) in [5.41, 5.74) is 0.711. The van der Waals surface area contributed by atoms with Crippen LogP contribution in [0.15, 0.2) is 24.3 Å². The number of fused-ring (bicyclic) bond motifs is 1. The lowest BCUT2D eigenvalue weighted by Crippen LogP contribution is -2.38. The molecule has 29 heavy (non-hydrogen) atoms. The summed E-state index contributed by atoms with van der Waals surface area (Å²) >= 11 is 0. The molecule has 2 aromatic heterocycles. The van der Waals surface area contributed by atoms with Gasteiger partial charge < -0.3 is 10.0 Å². The highest BCUT2D eigenvalue weighted by molar-refractivity contribution is 5.78. The number of likely N-dealkylation sites (N-methyl/N-ethyl adjacent to an activating group) is 1. The largest absolute Gasteiger partial charge is 0.507 e. The number of hydrogen-bond donors (Lipinski definition) is 1. The van der Waals surface area contributed by atoms with Crippen molar-refractivity contribution in [1.82, 2.24) is 24.9 Å². The molecule has 1 aromatic carbocycles.